The molecule has 110 valence electrons. The van der Waals surface area contributed by atoms with Crippen molar-refractivity contribution >= 4 is 17.6 Å². The van der Waals surface area contributed by atoms with Crippen molar-refractivity contribution in [2.75, 3.05) is 5.32 Å². The predicted octanol–water partition coefficient (Wildman–Crippen LogP) is 1.97. The molecular weight excluding hydrogens is 256 g/mol. The van der Waals surface area contributed by atoms with Crippen molar-refractivity contribution < 1.29 is 14.7 Å². The van der Waals surface area contributed by atoms with E-state index in [-0.39, 0.29) is 11.8 Å². The van der Waals surface area contributed by atoms with Crippen LogP contribution in [0.25, 0.3) is 0 Å². The molecule has 4 N–H and O–H groups in total. The number of carbonyl (C=O) groups is 2. The van der Waals surface area contributed by atoms with Crippen LogP contribution in [0.5, 0.6) is 0 Å². The number of nitrogens with one attached hydrogen (secondary N) is 1. The van der Waals surface area contributed by atoms with E-state index in [1.165, 1.54) is 0 Å². The van der Waals surface area contributed by atoms with Crippen LogP contribution in [-0.2, 0) is 15.0 Å². The van der Waals surface area contributed by atoms with E-state index in [9.17, 15) is 9.59 Å². The highest BCUT2D eigenvalue weighted by Gasteiger charge is 2.29. The van der Waals surface area contributed by atoms with E-state index < -0.39 is 17.4 Å². The third-order valence-corrected chi connectivity index (χ3v) is 3.43. The van der Waals surface area contributed by atoms with Crippen LogP contribution >= 0.6 is 0 Å². The van der Waals surface area contributed by atoms with Gasteiger partial charge in [0.05, 0.1) is 11.5 Å². The van der Waals surface area contributed by atoms with E-state index in [0.29, 0.717) is 11.3 Å². The summed E-state index contributed by atoms with van der Waals surface area (Å²) < 4.78 is 0. The molecule has 0 aliphatic carbocycles. The molecule has 0 bridgehead atoms. The molecule has 0 saturated heterocycles. The Bertz CT molecular complexity index is 492. The first-order valence-electron chi connectivity index (χ1n) is 6.56. The van der Waals surface area contributed by atoms with Crippen molar-refractivity contribution in [3.8, 4) is 0 Å². The van der Waals surface area contributed by atoms with Gasteiger partial charge in [-0.05, 0) is 37.5 Å². The van der Waals surface area contributed by atoms with Crippen LogP contribution in [0.2, 0.25) is 0 Å². The second kappa shape index (κ2) is 6.05. The Kier molecular flexibility index (Phi) is 4.89. The summed E-state index contributed by atoms with van der Waals surface area (Å²) in [5, 5.41) is 11.9. The number of aliphatic carboxylic acids is 1. The molecule has 1 amide bonds. The molecule has 20 heavy (non-hydrogen) atoms. The van der Waals surface area contributed by atoms with Gasteiger partial charge in [-0.2, -0.15) is 0 Å². The minimum absolute atomic E-state index is 0.0558. The van der Waals surface area contributed by atoms with Gasteiger partial charge in [0.1, 0.15) is 0 Å². The first kappa shape index (κ1) is 16.2. The van der Waals surface area contributed by atoms with Gasteiger partial charge in [-0.1, -0.05) is 26.0 Å². The molecule has 0 spiro atoms. The summed E-state index contributed by atoms with van der Waals surface area (Å²) in [6, 6.07) is 6.20. The van der Waals surface area contributed by atoms with Crippen LogP contribution < -0.4 is 11.1 Å². The summed E-state index contributed by atoms with van der Waals surface area (Å²) in [5.41, 5.74) is 6.08. The average Bonchev–Trinajstić information content (AvgIpc) is 2.38. The summed E-state index contributed by atoms with van der Waals surface area (Å²) in [7, 11) is 0. The van der Waals surface area contributed by atoms with Gasteiger partial charge in [-0.15, -0.1) is 0 Å². The van der Waals surface area contributed by atoms with Crippen molar-refractivity contribution in [2.45, 2.75) is 39.2 Å². The van der Waals surface area contributed by atoms with Crippen molar-refractivity contribution in [1.82, 2.24) is 0 Å². The highest BCUT2D eigenvalue weighted by Crippen LogP contribution is 2.24. The number of hydrogen-bond acceptors (Lipinski definition) is 3. The monoisotopic (exact) mass is 278 g/mol. The summed E-state index contributed by atoms with van der Waals surface area (Å²) in [6.45, 7) is 7.03. The number of benzene rings is 1. The molecular formula is C15H22N2O3. The van der Waals surface area contributed by atoms with Crippen LogP contribution in [-0.4, -0.2) is 23.0 Å². The first-order chi connectivity index (χ1) is 9.16. The Balaban J connectivity index is 2.83. The van der Waals surface area contributed by atoms with E-state index in [4.69, 9.17) is 10.8 Å². The summed E-state index contributed by atoms with van der Waals surface area (Å²) >= 11 is 0. The van der Waals surface area contributed by atoms with Gasteiger partial charge < -0.3 is 16.2 Å². The highest BCUT2D eigenvalue weighted by atomic mass is 16.4. The Morgan fingerprint density at radius 2 is 1.70 bits per heavy atom. The first-order valence-corrected chi connectivity index (χ1v) is 6.56. The summed E-state index contributed by atoms with van der Waals surface area (Å²) in [5.74, 6) is -1.08. The van der Waals surface area contributed by atoms with Crippen LogP contribution in [0.15, 0.2) is 24.3 Å². The number of carboxylic acid groups (broad SMARTS) is 1. The molecule has 1 rings (SSSR count). The molecule has 0 aromatic heterocycles. The van der Waals surface area contributed by atoms with E-state index in [2.05, 4.69) is 5.32 Å². The van der Waals surface area contributed by atoms with Crippen molar-refractivity contribution in [3.63, 3.8) is 0 Å². The Hall–Kier alpha value is -1.88. The van der Waals surface area contributed by atoms with Crippen molar-refractivity contribution in [1.29, 1.82) is 0 Å². The fourth-order valence-corrected chi connectivity index (χ4v) is 1.62. The fraction of sp³-hybridized carbons (Fsp3) is 0.467. The lowest BCUT2D eigenvalue weighted by atomic mass is 9.85. The lowest BCUT2D eigenvalue weighted by molar-refractivity contribution is -0.142. The van der Waals surface area contributed by atoms with Gasteiger partial charge in [0.2, 0.25) is 5.91 Å². The highest BCUT2D eigenvalue weighted by molar-refractivity contribution is 5.94. The van der Waals surface area contributed by atoms with Crippen LogP contribution in [0.3, 0.4) is 0 Å². The van der Waals surface area contributed by atoms with Crippen LogP contribution in [0, 0.1) is 5.92 Å². The maximum Gasteiger partial charge on any atom is 0.313 e. The lowest BCUT2D eigenvalue weighted by Gasteiger charge is -2.20. The molecule has 0 heterocycles. The third kappa shape index (κ3) is 3.57. The van der Waals surface area contributed by atoms with E-state index >= 15 is 0 Å². The van der Waals surface area contributed by atoms with Crippen LogP contribution in [0.1, 0.15) is 33.3 Å². The van der Waals surface area contributed by atoms with Gasteiger partial charge in [-0.25, -0.2) is 0 Å². The standard InChI is InChI=1S/C15H22N2O3/c1-9(2)12(16)13(18)17-11-7-5-10(6-8-11)15(3,4)14(19)20/h5-9,12H,16H2,1-4H3,(H,17,18)(H,19,20)/t12-/m0/s1. The third-order valence-electron chi connectivity index (χ3n) is 3.43. The molecule has 5 heteroatoms. The Morgan fingerprint density at radius 1 is 1.20 bits per heavy atom. The number of rotatable bonds is 5. The average molecular weight is 278 g/mol. The number of hydrogen-bond donors (Lipinski definition) is 3. The zero-order chi connectivity index (χ0) is 15.5. The topological polar surface area (TPSA) is 92.4 Å². The molecule has 1 aromatic rings. The maximum atomic E-state index is 11.8. The van der Waals surface area contributed by atoms with E-state index in [1.54, 1.807) is 38.1 Å². The van der Waals surface area contributed by atoms with Crippen LogP contribution in [0.4, 0.5) is 5.69 Å². The summed E-state index contributed by atoms with van der Waals surface area (Å²) in [4.78, 5) is 23.0. The number of amides is 1. The largest absolute Gasteiger partial charge is 0.481 e. The molecule has 5 nitrogen and oxygen atoms in total. The van der Waals surface area contributed by atoms with Crippen molar-refractivity contribution in [3.05, 3.63) is 29.8 Å². The van der Waals surface area contributed by atoms with E-state index in [0.717, 1.165) is 0 Å². The lowest BCUT2D eigenvalue weighted by Crippen LogP contribution is -2.39. The Morgan fingerprint density at radius 3 is 2.10 bits per heavy atom. The smallest absolute Gasteiger partial charge is 0.313 e. The molecule has 0 aliphatic rings. The molecule has 1 atom stereocenters. The SMILES string of the molecule is CC(C)[C@H](N)C(=O)Nc1ccc(C(C)(C)C(=O)O)cc1. The molecule has 0 aliphatic heterocycles. The fourth-order valence-electron chi connectivity index (χ4n) is 1.62. The zero-order valence-electron chi connectivity index (χ0n) is 12.3. The van der Waals surface area contributed by atoms with E-state index in [1.807, 2.05) is 13.8 Å². The number of anilines is 1. The molecule has 0 fully saturated rings. The van der Waals surface area contributed by atoms with Gasteiger partial charge >= 0.3 is 5.97 Å². The van der Waals surface area contributed by atoms with Crippen molar-refractivity contribution in [2.24, 2.45) is 11.7 Å². The number of carbonyl (C=O) groups excluding carboxylic acids is 1. The molecule has 0 saturated carbocycles. The predicted molar refractivity (Wildman–Crippen MR) is 78.5 cm³/mol. The van der Waals surface area contributed by atoms with Gasteiger partial charge in [0, 0.05) is 5.69 Å². The van der Waals surface area contributed by atoms with Gasteiger partial charge in [0.25, 0.3) is 0 Å². The minimum Gasteiger partial charge on any atom is -0.481 e. The minimum atomic E-state index is -0.961. The van der Waals surface area contributed by atoms with Gasteiger partial charge in [0.15, 0.2) is 0 Å². The quantitative estimate of drug-likeness (QED) is 0.767. The molecule has 1 aromatic carbocycles. The summed E-state index contributed by atoms with van der Waals surface area (Å²) in [6.07, 6.45) is 0. The van der Waals surface area contributed by atoms with Gasteiger partial charge in [-0.3, -0.25) is 9.59 Å². The number of carboxylic acids is 1. The second-order valence-electron chi connectivity index (χ2n) is 5.77. The molecule has 0 radical (unpaired) electrons. The second-order valence-corrected chi connectivity index (χ2v) is 5.77. The maximum absolute atomic E-state index is 11.8. The normalized spacial score (nSPS) is 13.1. The number of nitrogens with two attached hydrogens (primary N) is 1. The Labute approximate surface area is 119 Å². The molecule has 0 unspecified atom stereocenters. The zero-order valence-corrected chi connectivity index (χ0v) is 12.3.